The van der Waals surface area contributed by atoms with Crippen LogP contribution in [0.2, 0.25) is 0 Å². The summed E-state index contributed by atoms with van der Waals surface area (Å²) in [6, 6.07) is 5.23. The number of benzene rings is 1. The molecule has 0 spiro atoms. The molecule has 1 amide bonds. The zero-order chi connectivity index (χ0) is 15.4. The molecule has 4 nitrogen and oxygen atoms in total. The lowest BCUT2D eigenvalue weighted by Gasteiger charge is -2.22. The third-order valence-corrected chi connectivity index (χ3v) is 4.46. The zero-order valence-corrected chi connectivity index (χ0v) is 13.3. The molecule has 0 radical (unpaired) electrons. The lowest BCUT2D eigenvalue weighted by atomic mass is 9.89. The number of hydrogen-bond acceptors (Lipinski definition) is 3. The summed E-state index contributed by atoms with van der Waals surface area (Å²) in [6.45, 7) is 6.17. The summed E-state index contributed by atoms with van der Waals surface area (Å²) in [4.78, 5) is 14.7. The van der Waals surface area contributed by atoms with Crippen LogP contribution in [0.4, 0.5) is 5.69 Å². The summed E-state index contributed by atoms with van der Waals surface area (Å²) in [7, 11) is 1.58. The molecule has 1 fully saturated rings. The van der Waals surface area contributed by atoms with E-state index < -0.39 is 0 Å². The van der Waals surface area contributed by atoms with E-state index >= 15 is 0 Å². The summed E-state index contributed by atoms with van der Waals surface area (Å²) in [6.07, 6.45) is 3.35. The maximum absolute atomic E-state index is 12.8. The maximum Gasteiger partial charge on any atom is 0.257 e. The second kappa shape index (κ2) is 6.83. The van der Waals surface area contributed by atoms with Gasteiger partial charge in [-0.2, -0.15) is 0 Å². The molecule has 4 heteroatoms. The molecule has 1 aliphatic heterocycles. The van der Waals surface area contributed by atoms with E-state index in [1.54, 1.807) is 25.3 Å². The van der Waals surface area contributed by atoms with Gasteiger partial charge < -0.3 is 15.4 Å². The lowest BCUT2D eigenvalue weighted by molar-refractivity contribution is 0.0755. The molecule has 2 N–H and O–H groups in total. The van der Waals surface area contributed by atoms with Crippen molar-refractivity contribution in [2.24, 2.45) is 11.8 Å². The van der Waals surface area contributed by atoms with Crippen molar-refractivity contribution < 1.29 is 9.53 Å². The molecule has 0 bridgehead atoms. The minimum Gasteiger partial charge on any atom is -0.496 e. The van der Waals surface area contributed by atoms with Gasteiger partial charge in [0, 0.05) is 18.8 Å². The van der Waals surface area contributed by atoms with Crippen LogP contribution in [0.25, 0.3) is 0 Å². The minimum absolute atomic E-state index is 0.0311. The summed E-state index contributed by atoms with van der Waals surface area (Å²) < 4.78 is 5.30. The Labute approximate surface area is 127 Å². The number of methoxy groups -OCH3 is 1. The quantitative estimate of drug-likeness (QED) is 0.870. The first-order chi connectivity index (χ1) is 10.0. The highest BCUT2D eigenvalue weighted by atomic mass is 16.5. The second-order valence-corrected chi connectivity index (χ2v) is 6.19. The highest BCUT2D eigenvalue weighted by molar-refractivity contribution is 5.97. The fourth-order valence-corrected chi connectivity index (χ4v) is 3.05. The molecule has 1 aromatic rings. The monoisotopic (exact) mass is 290 g/mol. The van der Waals surface area contributed by atoms with E-state index in [2.05, 4.69) is 13.8 Å². The maximum atomic E-state index is 12.8. The first kappa shape index (κ1) is 15.7. The van der Waals surface area contributed by atoms with Gasteiger partial charge in [0.25, 0.3) is 5.91 Å². The van der Waals surface area contributed by atoms with Crippen molar-refractivity contribution >= 4 is 11.6 Å². The van der Waals surface area contributed by atoms with Gasteiger partial charge in [0.1, 0.15) is 5.75 Å². The molecular weight excluding hydrogens is 264 g/mol. The van der Waals surface area contributed by atoms with Crippen molar-refractivity contribution in [3.05, 3.63) is 23.8 Å². The van der Waals surface area contributed by atoms with E-state index in [0.29, 0.717) is 28.8 Å². The fourth-order valence-electron chi connectivity index (χ4n) is 3.05. The number of likely N-dealkylation sites (tertiary alicyclic amines) is 1. The van der Waals surface area contributed by atoms with Crippen molar-refractivity contribution in [2.45, 2.75) is 33.1 Å². The predicted octanol–water partition coefficient (Wildman–Crippen LogP) is 3.18. The molecule has 0 saturated carbocycles. The van der Waals surface area contributed by atoms with Gasteiger partial charge in [-0.1, -0.05) is 13.8 Å². The molecule has 1 saturated heterocycles. The second-order valence-electron chi connectivity index (χ2n) is 6.19. The number of anilines is 1. The van der Waals surface area contributed by atoms with E-state index in [9.17, 15) is 4.79 Å². The van der Waals surface area contributed by atoms with Gasteiger partial charge in [0.2, 0.25) is 0 Å². The van der Waals surface area contributed by atoms with Crippen LogP contribution in [-0.4, -0.2) is 31.0 Å². The van der Waals surface area contributed by atoms with E-state index in [4.69, 9.17) is 10.5 Å². The van der Waals surface area contributed by atoms with Gasteiger partial charge in [-0.15, -0.1) is 0 Å². The molecule has 0 aromatic heterocycles. The van der Waals surface area contributed by atoms with Gasteiger partial charge in [-0.25, -0.2) is 0 Å². The Bertz CT molecular complexity index is 500. The third kappa shape index (κ3) is 3.69. The molecule has 1 heterocycles. The minimum atomic E-state index is 0.0311. The molecule has 0 aliphatic carbocycles. The number of carbonyl (C=O) groups excluding carboxylic acids is 1. The highest BCUT2D eigenvalue weighted by Crippen LogP contribution is 2.27. The van der Waals surface area contributed by atoms with Gasteiger partial charge in [0.05, 0.1) is 12.7 Å². The van der Waals surface area contributed by atoms with Crippen LogP contribution < -0.4 is 10.5 Å². The Morgan fingerprint density at radius 3 is 2.76 bits per heavy atom. The first-order valence-electron chi connectivity index (χ1n) is 7.75. The lowest BCUT2D eigenvalue weighted by Crippen LogP contribution is -2.32. The van der Waals surface area contributed by atoms with Gasteiger partial charge >= 0.3 is 0 Å². The number of amides is 1. The van der Waals surface area contributed by atoms with Gasteiger partial charge in [-0.3, -0.25) is 4.79 Å². The van der Waals surface area contributed by atoms with Crippen molar-refractivity contribution in [2.75, 3.05) is 25.9 Å². The summed E-state index contributed by atoms with van der Waals surface area (Å²) in [5.41, 5.74) is 6.98. The average molecular weight is 290 g/mol. The van der Waals surface area contributed by atoms with Crippen molar-refractivity contribution in [1.82, 2.24) is 4.90 Å². The molecule has 116 valence electrons. The van der Waals surface area contributed by atoms with E-state index in [1.807, 2.05) is 4.90 Å². The molecule has 1 unspecified atom stereocenters. The topological polar surface area (TPSA) is 55.6 Å². The Balaban J connectivity index is 2.15. The van der Waals surface area contributed by atoms with Crippen molar-refractivity contribution in [1.29, 1.82) is 0 Å². The molecule has 2 rings (SSSR count). The van der Waals surface area contributed by atoms with Crippen LogP contribution in [0.3, 0.4) is 0 Å². The zero-order valence-electron chi connectivity index (χ0n) is 13.3. The summed E-state index contributed by atoms with van der Waals surface area (Å²) >= 11 is 0. The number of nitrogens with two attached hydrogens (primary N) is 1. The van der Waals surface area contributed by atoms with E-state index in [-0.39, 0.29) is 5.91 Å². The van der Waals surface area contributed by atoms with Crippen molar-refractivity contribution in [3.8, 4) is 5.75 Å². The standard InChI is InChI=1S/C17H26N2O2/c1-12(2)13-5-4-9-19(10-8-13)17(20)15-11-14(18)6-7-16(15)21-3/h6-7,11-13H,4-5,8-10,18H2,1-3H3. The van der Waals surface area contributed by atoms with Crippen LogP contribution in [0.1, 0.15) is 43.5 Å². The Kier molecular flexibility index (Phi) is 5.10. The van der Waals surface area contributed by atoms with Crippen LogP contribution in [-0.2, 0) is 0 Å². The van der Waals surface area contributed by atoms with Crippen molar-refractivity contribution in [3.63, 3.8) is 0 Å². The normalized spacial score (nSPS) is 19.4. The molecule has 1 aromatic carbocycles. The molecule has 1 atom stereocenters. The highest BCUT2D eigenvalue weighted by Gasteiger charge is 2.24. The summed E-state index contributed by atoms with van der Waals surface area (Å²) in [5, 5.41) is 0. The SMILES string of the molecule is COc1ccc(N)cc1C(=O)N1CCCC(C(C)C)CC1. The predicted molar refractivity (Wildman–Crippen MR) is 85.5 cm³/mol. The number of hydrogen-bond donors (Lipinski definition) is 1. The number of rotatable bonds is 3. The molecule has 21 heavy (non-hydrogen) atoms. The first-order valence-corrected chi connectivity index (χ1v) is 7.75. The number of nitrogens with zero attached hydrogens (tertiary/aromatic N) is 1. The smallest absolute Gasteiger partial charge is 0.257 e. The largest absolute Gasteiger partial charge is 0.496 e. The number of carbonyl (C=O) groups is 1. The van der Waals surface area contributed by atoms with E-state index in [1.165, 1.54) is 6.42 Å². The van der Waals surface area contributed by atoms with Crippen LogP contribution in [0.15, 0.2) is 18.2 Å². The average Bonchev–Trinajstić information content (AvgIpc) is 2.72. The van der Waals surface area contributed by atoms with Crippen LogP contribution in [0.5, 0.6) is 5.75 Å². The molecule has 1 aliphatic rings. The Hall–Kier alpha value is -1.71. The van der Waals surface area contributed by atoms with Crippen LogP contribution in [0, 0.1) is 11.8 Å². The van der Waals surface area contributed by atoms with Gasteiger partial charge in [0.15, 0.2) is 0 Å². The number of nitrogen functional groups attached to an aromatic ring is 1. The van der Waals surface area contributed by atoms with Gasteiger partial charge in [-0.05, 0) is 49.3 Å². The van der Waals surface area contributed by atoms with E-state index in [0.717, 1.165) is 25.9 Å². The summed E-state index contributed by atoms with van der Waals surface area (Å²) in [5.74, 6) is 2.02. The third-order valence-electron chi connectivity index (χ3n) is 4.46. The van der Waals surface area contributed by atoms with Crippen LogP contribution >= 0.6 is 0 Å². The molecular formula is C17H26N2O2. The number of ether oxygens (including phenoxy) is 1. The fraction of sp³-hybridized carbons (Fsp3) is 0.588. The Morgan fingerprint density at radius 1 is 1.33 bits per heavy atom. The Morgan fingerprint density at radius 2 is 2.10 bits per heavy atom.